The standard InChI is InChI=1S/C20H18FN5O/c1-20(2)11-26-16(10-27-20)17(14-7-8-22-19-15(14)9-23-24-19)18(25-26)12-3-5-13(21)6-4-12/h3-9H,10-11H2,1-2H3,(H,22,23,24). The number of hydrogen-bond acceptors (Lipinski definition) is 4. The van der Waals surface area contributed by atoms with Gasteiger partial charge in [-0.15, -0.1) is 0 Å². The van der Waals surface area contributed by atoms with Crippen LogP contribution in [-0.2, 0) is 17.9 Å². The molecule has 0 saturated heterocycles. The lowest BCUT2D eigenvalue weighted by Gasteiger charge is -2.31. The summed E-state index contributed by atoms with van der Waals surface area (Å²) >= 11 is 0. The number of H-pyrrole nitrogens is 1. The molecule has 0 spiro atoms. The molecule has 0 bridgehead atoms. The molecule has 0 saturated carbocycles. The quantitative estimate of drug-likeness (QED) is 0.586. The van der Waals surface area contributed by atoms with Crippen LogP contribution < -0.4 is 0 Å². The maximum atomic E-state index is 13.5. The Labute approximate surface area is 155 Å². The fourth-order valence-electron chi connectivity index (χ4n) is 3.61. The summed E-state index contributed by atoms with van der Waals surface area (Å²) in [5.74, 6) is -0.269. The molecule has 0 amide bonds. The van der Waals surface area contributed by atoms with E-state index in [1.54, 1.807) is 24.5 Å². The second-order valence-corrected chi connectivity index (χ2v) is 7.37. The minimum Gasteiger partial charge on any atom is -0.367 e. The van der Waals surface area contributed by atoms with Gasteiger partial charge in [0.05, 0.1) is 30.6 Å². The molecule has 1 N–H and O–H groups in total. The summed E-state index contributed by atoms with van der Waals surface area (Å²) in [6, 6.07) is 8.39. The van der Waals surface area contributed by atoms with Crippen molar-refractivity contribution < 1.29 is 9.13 Å². The summed E-state index contributed by atoms with van der Waals surface area (Å²) < 4.78 is 21.5. The molecule has 0 aliphatic carbocycles. The Morgan fingerprint density at radius 2 is 2.00 bits per heavy atom. The average molecular weight is 363 g/mol. The Morgan fingerprint density at radius 1 is 1.19 bits per heavy atom. The highest BCUT2D eigenvalue weighted by Crippen LogP contribution is 2.40. The van der Waals surface area contributed by atoms with E-state index in [9.17, 15) is 4.39 Å². The molecule has 3 aromatic heterocycles. The van der Waals surface area contributed by atoms with E-state index in [0.29, 0.717) is 13.2 Å². The number of halogens is 1. The van der Waals surface area contributed by atoms with Gasteiger partial charge in [-0.1, -0.05) is 0 Å². The van der Waals surface area contributed by atoms with E-state index in [1.165, 1.54) is 12.1 Å². The Kier molecular flexibility index (Phi) is 3.42. The number of aromatic amines is 1. The van der Waals surface area contributed by atoms with Crippen molar-refractivity contribution in [3.63, 3.8) is 0 Å². The van der Waals surface area contributed by atoms with Crippen LogP contribution in [0.3, 0.4) is 0 Å². The highest BCUT2D eigenvalue weighted by Gasteiger charge is 2.32. The monoisotopic (exact) mass is 363 g/mol. The molecule has 0 fully saturated rings. The van der Waals surface area contributed by atoms with Gasteiger partial charge >= 0.3 is 0 Å². The number of pyridine rings is 1. The molecule has 0 unspecified atom stereocenters. The van der Waals surface area contributed by atoms with Crippen molar-refractivity contribution in [2.75, 3.05) is 0 Å². The van der Waals surface area contributed by atoms with Crippen LogP contribution in [0.2, 0.25) is 0 Å². The van der Waals surface area contributed by atoms with Crippen molar-refractivity contribution in [2.45, 2.75) is 32.6 Å². The van der Waals surface area contributed by atoms with Crippen molar-refractivity contribution in [3.8, 4) is 22.4 Å². The van der Waals surface area contributed by atoms with E-state index in [4.69, 9.17) is 9.84 Å². The molecule has 4 heterocycles. The Hall–Kier alpha value is -3.06. The van der Waals surface area contributed by atoms with Crippen molar-refractivity contribution in [3.05, 3.63) is 54.2 Å². The first-order valence-electron chi connectivity index (χ1n) is 8.80. The Bertz CT molecular complexity index is 1140. The molecule has 4 aromatic rings. The predicted molar refractivity (Wildman–Crippen MR) is 99.4 cm³/mol. The van der Waals surface area contributed by atoms with Crippen molar-refractivity contribution >= 4 is 11.0 Å². The third-order valence-electron chi connectivity index (χ3n) is 4.93. The minimum absolute atomic E-state index is 0.269. The summed E-state index contributed by atoms with van der Waals surface area (Å²) in [7, 11) is 0. The summed E-state index contributed by atoms with van der Waals surface area (Å²) in [4.78, 5) is 4.33. The molecule has 0 atom stereocenters. The lowest BCUT2D eigenvalue weighted by Crippen LogP contribution is -2.36. The van der Waals surface area contributed by atoms with Crippen LogP contribution in [0.5, 0.6) is 0 Å². The molecule has 7 heteroatoms. The number of aromatic nitrogens is 5. The van der Waals surface area contributed by atoms with Gasteiger partial charge in [-0.2, -0.15) is 10.2 Å². The number of ether oxygens (including phenoxy) is 1. The van der Waals surface area contributed by atoms with E-state index < -0.39 is 0 Å². The fourth-order valence-corrected chi connectivity index (χ4v) is 3.61. The van der Waals surface area contributed by atoms with Gasteiger partial charge in [-0.25, -0.2) is 9.37 Å². The highest BCUT2D eigenvalue weighted by atomic mass is 19.1. The molecule has 1 aliphatic rings. The summed E-state index contributed by atoms with van der Waals surface area (Å²) in [6.45, 7) is 5.21. The van der Waals surface area contributed by atoms with Gasteiger partial charge in [-0.3, -0.25) is 9.78 Å². The van der Waals surface area contributed by atoms with Crippen LogP contribution in [0, 0.1) is 5.82 Å². The Morgan fingerprint density at radius 3 is 2.81 bits per heavy atom. The molecule has 1 aliphatic heterocycles. The number of rotatable bonds is 2. The zero-order chi connectivity index (χ0) is 18.6. The maximum absolute atomic E-state index is 13.5. The zero-order valence-corrected chi connectivity index (χ0v) is 15.0. The number of hydrogen-bond donors (Lipinski definition) is 1. The van der Waals surface area contributed by atoms with Crippen molar-refractivity contribution in [1.29, 1.82) is 0 Å². The lowest BCUT2D eigenvalue weighted by molar-refractivity contribution is -0.0657. The summed E-state index contributed by atoms with van der Waals surface area (Å²) in [5, 5.41) is 12.8. The molecule has 27 heavy (non-hydrogen) atoms. The van der Waals surface area contributed by atoms with Gasteiger partial charge in [0.25, 0.3) is 0 Å². The van der Waals surface area contributed by atoms with Gasteiger partial charge in [0.1, 0.15) is 11.5 Å². The number of benzene rings is 1. The minimum atomic E-state index is -0.292. The van der Waals surface area contributed by atoms with Gasteiger partial charge in [-0.05, 0) is 49.7 Å². The summed E-state index contributed by atoms with van der Waals surface area (Å²) in [6.07, 6.45) is 3.52. The van der Waals surface area contributed by atoms with E-state index in [2.05, 4.69) is 29.0 Å². The second kappa shape index (κ2) is 5.72. The topological polar surface area (TPSA) is 68.6 Å². The first-order chi connectivity index (χ1) is 13.0. The fraction of sp³-hybridized carbons (Fsp3) is 0.250. The van der Waals surface area contributed by atoms with Gasteiger partial charge in [0.15, 0.2) is 5.65 Å². The highest BCUT2D eigenvalue weighted by molar-refractivity contribution is 5.97. The van der Waals surface area contributed by atoms with Crippen LogP contribution in [-0.4, -0.2) is 30.6 Å². The molecular formula is C20H18FN5O. The zero-order valence-electron chi connectivity index (χ0n) is 15.0. The predicted octanol–water partition coefficient (Wildman–Crippen LogP) is 3.94. The van der Waals surface area contributed by atoms with E-state index in [-0.39, 0.29) is 11.4 Å². The van der Waals surface area contributed by atoms with Gasteiger partial charge < -0.3 is 4.74 Å². The smallest absolute Gasteiger partial charge is 0.155 e. The molecule has 6 nitrogen and oxygen atoms in total. The van der Waals surface area contributed by atoms with Crippen LogP contribution >= 0.6 is 0 Å². The van der Waals surface area contributed by atoms with E-state index >= 15 is 0 Å². The largest absolute Gasteiger partial charge is 0.367 e. The van der Waals surface area contributed by atoms with Gasteiger partial charge in [0.2, 0.25) is 0 Å². The van der Waals surface area contributed by atoms with Gasteiger partial charge in [0, 0.05) is 22.7 Å². The van der Waals surface area contributed by atoms with Crippen molar-refractivity contribution in [2.24, 2.45) is 0 Å². The molecular weight excluding hydrogens is 345 g/mol. The normalized spacial score (nSPS) is 15.8. The van der Waals surface area contributed by atoms with Crippen LogP contribution in [0.4, 0.5) is 4.39 Å². The average Bonchev–Trinajstić information content (AvgIpc) is 3.25. The maximum Gasteiger partial charge on any atom is 0.155 e. The molecule has 0 radical (unpaired) electrons. The van der Waals surface area contributed by atoms with Crippen molar-refractivity contribution in [1.82, 2.24) is 25.0 Å². The second-order valence-electron chi connectivity index (χ2n) is 7.37. The first kappa shape index (κ1) is 16.1. The lowest BCUT2D eigenvalue weighted by atomic mass is 9.97. The number of fused-ring (bicyclic) bond motifs is 2. The SMILES string of the molecule is CC1(C)Cn2nc(-c3ccc(F)cc3)c(-c3ccnc4[nH]ncc34)c2CO1. The van der Waals surface area contributed by atoms with E-state index in [0.717, 1.165) is 39.1 Å². The van der Waals surface area contributed by atoms with Crippen LogP contribution in [0.1, 0.15) is 19.5 Å². The van der Waals surface area contributed by atoms with Crippen LogP contribution in [0.25, 0.3) is 33.4 Å². The molecule has 5 rings (SSSR count). The molecule has 136 valence electrons. The molecule has 1 aromatic carbocycles. The third kappa shape index (κ3) is 2.62. The Balaban J connectivity index is 1.79. The summed E-state index contributed by atoms with van der Waals surface area (Å²) in [5.41, 5.74) is 5.06. The number of nitrogens with one attached hydrogen (secondary N) is 1. The van der Waals surface area contributed by atoms with Crippen LogP contribution in [0.15, 0.2) is 42.7 Å². The third-order valence-corrected chi connectivity index (χ3v) is 4.93. The first-order valence-corrected chi connectivity index (χ1v) is 8.80. The van der Waals surface area contributed by atoms with E-state index in [1.807, 2.05) is 10.7 Å². The number of nitrogens with zero attached hydrogens (tertiary/aromatic N) is 4.